The monoisotopic (exact) mass is 314 g/mol. The van der Waals surface area contributed by atoms with Gasteiger partial charge in [-0.15, -0.1) is 10.2 Å². The molecule has 0 saturated carbocycles. The molecule has 1 N–H and O–H groups in total. The lowest BCUT2D eigenvalue weighted by molar-refractivity contribution is 0.0973. The number of hydrogen-bond donors (Lipinski definition) is 1. The van der Waals surface area contributed by atoms with Gasteiger partial charge in [0.15, 0.2) is 11.5 Å². The lowest BCUT2D eigenvalue weighted by Crippen LogP contribution is -2.10. The van der Waals surface area contributed by atoms with Crippen molar-refractivity contribution in [3.8, 4) is 23.0 Å². The highest BCUT2D eigenvalue weighted by Crippen LogP contribution is 2.30. The predicted octanol–water partition coefficient (Wildman–Crippen LogP) is 3.30. The normalized spacial score (nSPS) is 14.1. The number of nitrogens with one attached hydrogen (secondary N) is 1. The summed E-state index contributed by atoms with van der Waals surface area (Å²) >= 11 is 5.86. The van der Waals surface area contributed by atoms with Crippen LogP contribution in [0.3, 0.4) is 0 Å². The van der Waals surface area contributed by atoms with Crippen LogP contribution in [0, 0.1) is 0 Å². The zero-order valence-electron chi connectivity index (χ0n) is 11.5. The summed E-state index contributed by atoms with van der Waals surface area (Å²) < 4.78 is 5.67. The second-order valence-electron chi connectivity index (χ2n) is 5.12. The number of aromatic nitrogens is 4. The Morgan fingerprint density at radius 3 is 2.68 bits per heavy atom. The molecule has 0 atom stereocenters. The molecule has 1 aliphatic rings. The minimum atomic E-state index is 0.0660. The third-order valence-corrected chi connectivity index (χ3v) is 3.92. The first kappa shape index (κ1) is 13.2. The van der Waals surface area contributed by atoms with Crippen molar-refractivity contribution in [1.82, 2.24) is 20.4 Å². The van der Waals surface area contributed by atoms with Gasteiger partial charge >= 0.3 is 0 Å². The quantitative estimate of drug-likeness (QED) is 0.784. The fraction of sp³-hybridized carbons (Fsp3) is 0.200. The van der Waals surface area contributed by atoms with E-state index in [1.54, 1.807) is 24.3 Å². The average Bonchev–Trinajstić information content (AvgIpc) is 3.15. The van der Waals surface area contributed by atoms with Crippen LogP contribution in [0.4, 0.5) is 0 Å². The minimum absolute atomic E-state index is 0.0660. The SMILES string of the molecule is O=C1CCCc2[nH]nc(-c3nnc(-c4ccc(Cl)cc4)o3)c21. The summed E-state index contributed by atoms with van der Waals surface area (Å²) in [6, 6.07) is 7.09. The van der Waals surface area contributed by atoms with E-state index in [9.17, 15) is 4.79 Å². The fourth-order valence-corrected chi connectivity index (χ4v) is 2.72. The molecule has 0 amide bonds. The van der Waals surface area contributed by atoms with E-state index in [0.29, 0.717) is 28.6 Å². The van der Waals surface area contributed by atoms with Crippen molar-refractivity contribution in [2.24, 2.45) is 0 Å². The number of aryl methyl sites for hydroxylation is 1. The molecule has 0 bridgehead atoms. The summed E-state index contributed by atoms with van der Waals surface area (Å²) in [5.74, 6) is 0.681. The molecule has 0 saturated heterocycles. The zero-order valence-corrected chi connectivity index (χ0v) is 12.2. The highest BCUT2D eigenvalue weighted by molar-refractivity contribution is 6.30. The van der Waals surface area contributed by atoms with Crippen LogP contribution in [0.15, 0.2) is 28.7 Å². The zero-order chi connectivity index (χ0) is 15.1. The first-order valence-corrected chi connectivity index (χ1v) is 7.30. The van der Waals surface area contributed by atoms with Gasteiger partial charge in [0.2, 0.25) is 5.89 Å². The number of halogens is 1. The Kier molecular flexibility index (Phi) is 3.04. The number of rotatable bonds is 2. The van der Waals surface area contributed by atoms with Gasteiger partial charge in [0.05, 0.1) is 5.56 Å². The second kappa shape index (κ2) is 5.06. The van der Waals surface area contributed by atoms with Crippen LogP contribution in [0.25, 0.3) is 23.0 Å². The Morgan fingerprint density at radius 1 is 1.09 bits per heavy atom. The summed E-state index contributed by atoms with van der Waals surface area (Å²) in [5.41, 5.74) is 2.63. The fourth-order valence-electron chi connectivity index (χ4n) is 2.59. The van der Waals surface area contributed by atoms with Crippen LogP contribution in [0.2, 0.25) is 5.02 Å². The molecule has 22 heavy (non-hydrogen) atoms. The molecule has 0 unspecified atom stereocenters. The molecule has 0 aliphatic heterocycles. The largest absolute Gasteiger partial charge is 0.415 e. The summed E-state index contributed by atoms with van der Waals surface area (Å²) in [5, 5.41) is 15.7. The van der Waals surface area contributed by atoms with Gasteiger partial charge in [-0.2, -0.15) is 5.10 Å². The lowest BCUT2D eigenvalue weighted by Gasteiger charge is -2.08. The van der Waals surface area contributed by atoms with Gasteiger partial charge < -0.3 is 4.42 Å². The van der Waals surface area contributed by atoms with Crippen LogP contribution < -0.4 is 0 Å². The number of carbonyl (C=O) groups is 1. The number of nitrogens with zero attached hydrogens (tertiary/aromatic N) is 3. The van der Waals surface area contributed by atoms with Crippen LogP contribution in [0.5, 0.6) is 0 Å². The first-order valence-electron chi connectivity index (χ1n) is 6.92. The van der Waals surface area contributed by atoms with E-state index in [2.05, 4.69) is 20.4 Å². The molecule has 3 aromatic rings. The van der Waals surface area contributed by atoms with Crippen molar-refractivity contribution >= 4 is 17.4 Å². The molecular formula is C15H11ClN4O2. The van der Waals surface area contributed by atoms with Crippen molar-refractivity contribution in [3.05, 3.63) is 40.5 Å². The molecule has 1 aliphatic carbocycles. The number of fused-ring (bicyclic) bond motifs is 1. The number of H-pyrrole nitrogens is 1. The lowest BCUT2D eigenvalue weighted by atomic mass is 9.94. The van der Waals surface area contributed by atoms with Crippen molar-refractivity contribution in [2.75, 3.05) is 0 Å². The molecule has 2 aromatic heterocycles. The van der Waals surface area contributed by atoms with Gasteiger partial charge in [-0.3, -0.25) is 9.89 Å². The van der Waals surface area contributed by atoms with E-state index < -0.39 is 0 Å². The van der Waals surface area contributed by atoms with E-state index in [4.69, 9.17) is 16.0 Å². The Bertz CT molecular complexity index is 851. The molecule has 1 aromatic carbocycles. The predicted molar refractivity (Wildman–Crippen MR) is 79.6 cm³/mol. The molecule has 6 nitrogen and oxygen atoms in total. The Hall–Kier alpha value is -2.47. The number of aromatic amines is 1. The topological polar surface area (TPSA) is 84.7 Å². The number of hydrogen-bond acceptors (Lipinski definition) is 5. The van der Waals surface area contributed by atoms with Gasteiger partial charge in [-0.25, -0.2) is 0 Å². The second-order valence-corrected chi connectivity index (χ2v) is 5.56. The highest BCUT2D eigenvalue weighted by atomic mass is 35.5. The maximum Gasteiger partial charge on any atom is 0.269 e. The van der Waals surface area contributed by atoms with E-state index in [0.717, 1.165) is 24.1 Å². The molecule has 110 valence electrons. The summed E-state index contributed by atoms with van der Waals surface area (Å²) in [7, 11) is 0. The summed E-state index contributed by atoms with van der Waals surface area (Å²) in [6.07, 6.45) is 2.18. The van der Waals surface area contributed by atoms with Crippen molar-refractivity contribution in [1.29, 1.82) is 0 Å². The van der Waals surface area contributed by atoms with E-state index >= 15 is 0 Å². The number of carbonyl (C=O) groups excluding carboxylic acids is 1. The van der Waals surface area contributed by atoms with Crippen LogP contribution in [-0.2, 0) is 6.42 Å². The standard InChI is InChI=1S/C15H11ClN4O2/c16-9-6-4-8(5-7-9)14-19-20-15(22-14)13-12-10(17-18-13)2-1-3-11(12)21/h4-7H,1-3H2,(H,17,18). The number of Topliss-reactive ketones (excluding diaryl/α,β-unsaturated/α-hetero) is 1. The maximum absolute atomic E-state index is 12.1. The van der Waals surface area contributed by atoms with Crippen molar-refractivity contribution in [3.63, 3.8) is 0 Å². The van der Waals surface area contributed by atoms with Crippen molar-refractivity contribution < 1.29 is 9.21 Å². The smallest absolute Gasteiger partial charge is 0.269 e. The van der Waals surface area contributed by atoms with E-state index in [1.165, 1.54) is 0 Å². The van der Waals surface area contributed by atoms with Gasteiger partial charge in [-0.1, -0.05) is 11.6 Å². The Balaban J connectivity index is 1.75. The molecule has 0 radical (unpaired) electrons. The number of ketones is 1. The van der Waals surface area contributed by atoms with Gasteiger partial charge in [-0.05, 0) is 37.1 Å². The van der Waals surface area contributed by atoms with Crippen LogP contribution in [-0.4, -0.2) is 26.2 Å². The third kappa shape index (κ3) is 2.12. The van der Waals surface area contributed by atoms with Crippen LogP contribution in [0.1, 0.15) is 28.9 Å². The molecule has 0 fully saturated rings. The highest BCUT2D eigenvalue weighted by Gasteiger charge is 2.27. The number of benzene rings is 1. The Labute approximate surface area is 130 Å². The third-order valence-electron chi connectivity index (χ3n) is 3.67. The Morgan fingerprint density at radius 2 is 1.86 bits per heavy atom. The van der Waals surface area contributed by atoms with Gasteiger partial charge in [0, 0.05) is 22.7 Å². The van der Waals surface area contributed by atoms with Crippen LogP contribution >= 0.6 is 11.6 Å². The molecule has 7 heteroatoms. The molecule has 4 rings (SSSR count). The van der Waals surface area contributed by atoms with E-state index in [-0.39, 0.29) is 11.7 Å². The maximum atomic E-state index is 12.1. The van der Waals surface area contributed by atoms with Gasteiger partial charge in [0.25, 0.3) is 5.89 Å². The molecular weight excluding hydrogens is 304 g/mol. The van der Waals surface area contributed by atoms with Gasteiger partial charge in [0.1, 0.15) is 0 Å². The average molecular weight is 315 g/mol. The molecule has 2 heterocycles. The van der Waals surface area contributed by atoms with E-state index in [1.807, 2.05) is 0 Å². The summed E-state index contributed by atoms with van der Waals surface area (Å²) in [6.45, 7) is 0. The first-order chi connectivity index (χ1) is 10.7. The minimum Gasteiger partial charge on any atom is -0.415 e. The molecule has 0 spiro atoms. The van der Waals surface area contributed by atoms with Crippen molar-refractivity contribution in [2.45, 2.75) is 19.3 Å². The summed E-state index contributed by atoms with van der Waals surface area (Å²) in [4.78, 5) is 12.1.